The summed E-state index contributed by atoms with van der Waals surface area (Å²) in [4.78, 5) is 2.20. The van der Waals surface area contributed by atoms with Gasteiger partial charge in [-0.05, 0) is 24.7 Å². The molecule has 106 valence electrons. The van der Waals surface area contributed by atoms with Gasteiger partial charge in [0, 0.05) is 6.42 Å². The van der Waals surface area contributed by atoms with Crippen molar-refractivity contribution in [2.75, 3.05) is 13.6 Å². The third-order valence-corrected chi connectivity index (χ3v) is 3.77. The topological polar surface area (TPSA) is 23.5 Å². The molecule has 0 aromatic heterocycles. The van der Waals surface area contributed by atoms with Gasteiger partial charge in [-0.2, -0.15) is 0 Å². The second kappa shape index (κ2) is 7.22. The number of hydrogen-bond donors (Lipinski definition) is 1. The van der Waals surface area contributed by atoms with E-state index in [0.29, 0.717) is 6.42 Å². The molecule has 0 radical (unpaired) electrons. The highest BCUT2D eigenvalue weighted by Gasteiger charge is 2.24. The summed E-state index contributed by atoms with van der Waals surface area (Å²) in [7, 11) is 2.06. The lowest BCUT2D eigenvalue weighted by molar-refractivity contribution is 0.0655. The van der Waals surface area contributed by atoms with E-state index in [1.54, 1.807) is 0 Å². The van der Waals surface area contributed by atoms with Gasteiger partial charge in [0.25, 0.3) is 0 Å². The highest BCUT2D eigenvalue weighted by molar-refractivity contribution is 5.22. The number of aliphatic hydroxyl groups is 1. The average Bonchev–Trinajstić information content (AvgIpc) is 2.49. The molecule has 1 N–H and O–H groups in total. The predicted molar refractivity (Wildman–Crippen MR) is 83.6 cm³/mol. The van der Waals surface area contributed by atoms with Crippen LogP contribution in [0.25, 0.3) is 0 Å². The molecule has 2 unspecified atom stereocenters. The molecular formula is C18H23NO. The van der Waals surface area contributed by atoms with Gasteiger partial charge in [0.05, 0.1) is 12.1 Å². The molecule has 2 atom stereocenters. The number of hydrogen-bond acceptors (Lipinski definition) is 2. The van der Waals surface area contributed by atoms with E-state index < -0.39 is 6.10 Å². The lowest BCUT2D eigenvalue weighted by atomic mass is 9.95. The summed E-state index contributed by atoms with van der Waals surface area (Å²) < 4.78 is 0. The van der Waals surface area contributed by atoms with Gasteiger partial charge in [-0.1, -0.05) is 67.6 Å². The Morgan fingerprint density at radius 3 is 2.05 bits per heavy atom. The molecule has 0 saturated heterocycles. The van der Waals surface area contributed by atoms with E-state index in [0.717, 1.165) is 6.54 Å². The van der Waals surface area contributed by atoms with Crippen LogP contribution < -0.4 is 0 Å². The maximum atomic E-state index is 10.7. The number of rotatable bonds is 6. The molecule has 20 heavy (non-hydrogen) atoms. The summed E-state index contributed by atoms with van der Waals surface area (Å²) in [6.07, 6.45) is 0.259. The van der Waals surface area contributed by atoms with Gasteiger partial charge in [-0.3, -0.25) is 4.90 Å². The predicted octanol–water partition coefficient (Wildman–Crippen LogP) is 3.28. The third-order valence-electron chi connectivity index (χ3n) is 3.77. The maximum Gasteiger partial charge on any atom is 0.0777 e. The molecule has 0 saturated carbocycles. The Morgan fingerprint density at radius 1 is 0.950 bits per heavy atom. The lowest BCUT2D eigenvalue weighted by Gasteiger charge is -2.31. The Bertz CT molecular complexity index is 497. The summed E-state index contributed by atoms with van der Waals surface area (Å²) in [5, 5.41) is 10.7. The lowest BCUT2D eigenvalue weighted by Crippen LogP contribution is -2.35. The van der Waals surface area contributed by atoms with Crippen molar-refractivity contribution in [3.8, 4) is 0 Å². The first-order valence-electron chi connectivity index (χ1n) is 7.19. The van der Waals surface area contributed by atoms with E-state index in [9.17, 15) is 5.11 Å². The summed E-state index contributed by atoms with van der Waals surface area (Å²) in [6.45, 7) is 3.02. The van der Waals surface area contributed by atoms with Crippen LogP contribution in [-0.4, -0.2) is 29.7 Å². The van der Waals surface area contributed by atoms with Gasteiger partial charge in [-0.15, -0.1) is 0 Å². The first-order chi connectivity index (χ1) is 9.72. The van der Waals surface area contributed by atoms with E-state index in [1.807, 2.05) is 36.4 Å². The summed E-state index contributed by atoms with van der Waals surface area (Å²) in [5.74, 6) is 0. The van der Waals surface area contributed by atoms with E-state index in [2.05, 4.69) is 43.1 Å². The molecule has 0 aliphatic rings. The molecule has 2 aromatic rings. The fourth-order valence-corrected chi connectivity index (χ4v) is 2.58. The quantitative estimate of drug-likeness (QED) is 0.870. The third kappa shape index (κ3) is 3.69. The number of nitrogens with zero attached hydrogens (tertiary/aromatic N) is 1. The SMILES string of the molecule is CCN(C)C(c1ccccc1)C(O)Cc1ccccc1. The zero-order valence-corrected chi connectivity index (χ0v) is 12.2. The fraction of sp³-hybridized carbons (Fsp3) is 0.333. The summed E-state index contributed by atoms with van der Waals surface area (Å²) in [5.41, 5.74) is 2.34. The molecule has 0 fully saturated rings. The zero-order valence-electron chi connectivity index (χ0n) is 12.2. The fourth-order valence-electron chi connectivity index (χ4n) is 2.58. The van der Waals surface area contributed by atoms with Crippen molar-refractivity contribution in [3.63, 3.8) is 0 Å². The highest BCUT2D eigenvalue weighted by atomic mass is 16.3. The van der Waals surface area contributed by atoms with Gasteiger partial charge in [-0.25, -0.2) is 0 Å². The van der Waals surface area contributed by atoms with Crippen molar-refractivity contribution < 1.29 is 5.11 Å². The van der Waals surface area contributed by atoms with Crippen LogP contribution in [0.2, 0.25) is 0 Å². The van der Waals surface area contributed by atoms with Crippen molar-refractivity contribution >= 4 is 0 Å². The van der Waals surface area contributed by atoms with Crippen LogP contribution in [0, 0.1) is 0 Å². The van der Waals surface area contributed by atoms with E-state index in [-0.39, 0.29) is 6.04 Å². The van der Waals surface area contributed by atoms with E-state index in [1.165, 1.54) is 11.1 Å². The monoisotopic (exact) mass is 269 g/mol. The molecule has 0 heterocycles. The van der Waals surface area contributed by atoms with Crippen molar-refractivity contribution in [1.29, 1.82) is 0 Å². The molecule has 0 bridgehead atoms. The van der Waals surface area contributed by atoms with Gasteiger partial charge in [0.15, 0.2) is 0 Å². The molecule has 2 rings (SSSR count). The van der Waals surface area contributed by atoms with Gasteiger partial charge < -0.3 is 5.11 Å². The Hall–Kier alpha value is -1.64. The molecule has 2 nitrogen and oxygen atoms in total. The smallest absolute Gasteiger partial charge is 0.0777 e. The van der Waals surface area contributed by atoms with E-state index in [4.69, 9.17) is 0 Å². The highest BCUT2D eigenvalue weighted by Crippen LogP contribution is 2.25. The Morgan fingerprint density at radius 2 is 1.50 bits per heavy atom. The Balaban J connectivity index is 2.19. The Labute approximate surface area is 121 Å². The summed E-state index contributed by atoms with van der Waals surface area (Å²) in [6, 6.07) is 20.4. The standard InChI is InChI=1S/C18H23NO/c1-3-19(2)18(16-12-8-5-9-13-16)17(20)14-15-10-6-4-7-11-15/h4-13,17-18,20H,3,14H2,1-2H3. The van der Waals surface area contributed by atoms with Crippen molar-refractivity contribution in [3.05, 3.63) is 71.8 Å². The summed E-state index contributed by atoms with van der Waals surface area (Å²) >= 11 is 0. The van der Waals surface area contributed by atoms with Crippen LogP contribution in [0.4, 0.5) is 0 Å². The van der Waals surface area contributed by atoms with Crippen molar-refractivity contribution in [1.82, 2.24) is 4.90 Å². The van der Waals surface area contributed by atoms with Gasteiger partial charge in [0.2, 0.25) is 0 Å². The normalized spacial score (nSPS) is 14.2. The minimum absolute atomic E-state index is 0.0291. The average molecular weight is 269 g/mol. The second-order valence-corrected chi connectivity index (χ2v) is 5.19. The van der Waals surface area contributed by atoms with Gasteiger partial charge in [0.1, 0.15) is 0 Å². The van der Waals surface area contributed by atoms with Crippen LogP contribution in [0.3, 0.4) is 0 Å². The maximum absolute atomic E-state index is 10.7. The number of benzene rings is 2. The van der Waals surface area contributed by atoms with Gasteiger partial charge >= 0.3 is 0 Å². The van der Waals surface area contributed by atoms with Crippen molar-refractivity contribution in [2.24, 2.45) is 0 Å². The van der Waals surface area contributed by atoms with Crippen LogP contribution in [0.15, 0.2) is 60.7 Å². The number of likely N-dealkylation sites (N-methyl/N-ethyl adjacent to an activating group) is 1. The molecule has 0 aliphatic carbocycles. The van der Waals surface area contributed by atoms with Crippen LogP contribution in [-0.2, 0) is 6.42 Å². The molecule has 0 amide bonds. The second-order valence-electron chi connectivity index (χ2n) is 5.19. The van der Waals surface area contributed by atoms with Crippen LogP contribution >= 0.6 is 0 Å². The molecule has 2 aromatic carbocycles. The largest absolute Gasteiger partial charge is 0.391 e. The minimum atomic E-state index is -0.412. The molecular weight excluding hydrogens is 246 g/mol. The Kier molecular flexibility index (Phi) is 5.33. The zero-order chi connectivity index (χ0) is 14.4. The van der Waals surface area contributed by atoms with Crippen LogP contribution in [0.5, 0.6) is 0 Å². The van der Waals surface area contributed by atoms with Crippen LogP contribution in [0.1, 0.15) is 24.1 Å². The molecule has 2 heteroatoms. The minimum Gasteiger partial charge on any atom is -0.391 e. The molecule has 0 aliphatic heterocycles. The number of aliphatic hydroxyl groups excluding tert-OH is 1. The molecule has 0 spiro atoms. The van der Waals surface area contributed by atoms with E-state index >= 15 is 0 Å². The first-order valence-corrected chi connectivity index (χ1v) is 7.19. The van der Waals surface area contributed by atoms with Crippen molar-refractivity contribution in [2.45, 2.75) is 25.5 Å². The first kappa shape index (κ1) is 14.8.